The van der Waals surface area contributed by atoms with E-state index in [-0.39, 0.29) is 0 Å². The summed E-state index contributed by atoms with van der Waals surface area (Å²) in [5, 5.41) is 2.40. The lowest BCUT2D eigenvalue weighted by Gasteiger charge is -2.29. The second kappa shape index (κ2) is 14.4. The van der Waals surface area contributed by atoms with Gasteiger partial charge in [0.2, 0.25) is 0 Å². The SMILES string of the molecule is c1ccc(-c2ccc(N(c3ccccc3)c3cccc4c3c3ccccc3n4-c3ccc(-c4ccccc4)cc3-c3ccccc3)c(-c3ccccc3)c2)cc1. The van der Waals surface area contributed by atoms with E-state index >= 15 is 0 Å². The van der Waals surface area contributed by atoms with Crippen LogP contribution in [-0.2, 0) is 0 Å². The zero-order chi connectivity index (χ0) is 37.3. The number of anilines is 3. The molecule has 0 spiro atoms. The summed E-state index contributed by atoms with van der Waals surface area (Å²) in [7, 11) is 0. The number of para-hydroxylation sites is 2. The predicted molar refractivity (Wildman–Crippen MR) is 237 cm³/mol. The van der Waals surface area contributed by atoms with Crippen LogP contribution in [0.4, 0.5) is 17.1 Å². The van der Waals surface area contributed by atoms with E-state index in [9.17, 15) is 0 Å². The lowest BCUT2D eigenvalue weighted by molar-refractivity contribution is 1.18. The Kier molecular flexibility index (Phi) is 8.55. The second-order valence-corrected chi connectivity index (χ2v) is 14.1. The molecule has 9 aromatic carbocycles. The minimum absolute atomic E-state index is 1.10. The van der Waals surface area contributed by atoms with Gasteiger partial charge in [-0.2, -0.15) is 0 Å². The highest BCUT2D eigenvalue weighted by Gasteiger charge is 2.24. The third kappa shape index (κ3) is 5.95. The maximum Gasteiger partial charge on any atom is 0.0562 e. The molecular weight excluding hydrogens is 677 g/mol. The maximum atomic E-state index is 2.46. The van der Waals surface area contributed by atoms with Gasteiger partial charge < -0.3 is 9.47 Å². The van der Waals surface area contributed by atoms with Crippen molar-refractivity contribution in [3.05, 3.63) is 231 Å². The van der Waals surface area contributed by atoms with Crippen LogP contribution in [0, 0.1) is 0 Å². The number of fused-ring (bicyclic) bond motifs is 3. The van der Waals surface area contributed by atoms with E-state index in [1.54, 1.807) is 0 Å². The first-order valence-corrected chi connectivity index (χ1v) is 19.2. The Hall–Kier alpha value is -7.42. The van der Waals surface area contributed by atoms with Crippen LogP contribution in [0.5, 0.6) is 0 Å². The number of aromatic nitrogens is 1. The summed E-state index contributed by atoms with van der Waals surface area (Å²) in [6.45, 7) is 0. The van der Waals surface area contributed by atoms with Crippen LogP contribution in [0.2, 0.25) is 0 Å². The molecular formula is C54H38N2. The molecule has 1 heterocycles. The highest BCUT2D eigenvalue weighted by Crippen LogP contribution is 2.48. The third-order valence-corrected chi connectivity index (χ3v) is 10.8. The van der Waals surface area contributed by atoms with Gasteiger partial charge in [-0.1, -0.05) is 176 Å². The Balaban J connectivity index is 1.25. The van der Waals surface area contributed by atoms with E-state index < -0.39 is 0 Å². The largest absolute Gasteiger partial charge is 0.309 e. The number of nitrogens with zero attached hydrogens (tertiary/aromatic N) is 2. The van der Waals surface area contributed by atoms with Gasteiger partial charge in [0.05, 0.1) is 28.1 Å². The summed E-state index contributed by atoms with van der Waals surface area (Å²) in [6.07, 6.45) is 0. The molecule has 0 aliphatic rings. The highest BCUT2D eigenvalue weighted by molar-refractivity contribution is 6.17. The van der Waals surface area contributed by atoms with Crippen molar-refractivity contribution < 1.29 is 0 Å². The molecule has 10 rings (SSSR count). The van der Waals surface area contributed by atoms with Gasteiger partial charge in [-0.05, 0) is 88.0 Å². The van der Waals surface area contributed by atoms with E-state index in [0.717, 1.165) is 33.8 Å². The van der Waals surface area contributed by atoms with Gasteiger partial charge in [-0.25, -0.2) is 0 Å². The van der Waals surface area contributed by atoms with Crippen LogP contribution >= 0.6 is 0 Å². The summed E-state index contributed by atoms with van der Waals surface area (Å²) in [5.74, 6) is 0. The summed E-state index contributed by atoms with van der Waals surface area (Å²) in [6, 6.07) is 83.1. The Bertz CT molecular complexity index is 2930. The predicted octanol–water partition coefficient (Wildman–Crippen LogP) is 14.9. The van der Waals surface area contributed by atoms with E-state index in [1.807, 2.05) is 0 Å². The van der Waals surface area contributed by atoms with Gasteiger partial charge in [0.15, 0.2) is 0 Å². The van der Waals surface area contributed by atoms with Crippen molar-refractivity contribution in [2.24, 2.45) is 0 Å². The van der Waals surface area contributed by atoms with Crippen molar-refractivity contribution in [3.8, 4) is 50.2 Å². The molecule has 10 aromatic rings. The average Bonchev–Trinajstić information content (AvgIpc) is 3.63. The molecule has 0 aliphatic heterocycles. The number of rotatable bonds is 8. The molecule has 0 N–H and O–H groups in total. The molecule has 0 unspecified atom stereocenters. The fraction of sp³-hybridized carbons (Fsp3) is 0. The molecule has 2 nitrogen and oxygen atoms in total. The van der Waals surface area contributed by atoms with E-state index in [0.29, 0.717) is 0 Å². The lowest BCUT2D eigenvalue weighted by Crippen LogP contribution is -2.12. The van der Waals surface area contributed by atoms with E-state index in [2.05, 4.69) is 240 Å². The summed E-state index contributed by atoms with van der Waals surface area (Å²) >= 11 is 0. The minimum Gasteiger partial charge on any atom is -0.309 e. The molecule has 0 aliphatic carbocycles. The topological polar surface area (TPSA) is 8.17 Å². The van der Waals surface area contributed by atoms with Gasteiger partial charge in [0.1, 0.15) is 0 Å². The average molecular weight is 715 g/mol. The van der Waals surface area contributed by atoms with Crippen LogP contribution in [-0.4, -0.2) is 4.57 Å². The monoisotopic (exact) mass is 714 g/mol. The fourth-order valence-corrected chi connectivity index (χ4v) is 8.21. The van der Waals surface area contributed by atoms with Crippen molar-refractivity contribution in [1.29, 1.82) is 0 Å². The normalized spacial score (nSPS) is 11.2. The molecule has 1 aromatic heterocycles. The zero-order valence-corrected chi connectivity index (χ0v) is 30.8. The molecule has 0 atom stereocenters. The van der Waals surface area contributed by atoms with Crippen molar-refractivity contribution in [3.63, 3.8) is 0 Å². The first kappa shape index (κ1) is 33.2. The fourth-order valence-electron chi connectivity index (χ4n) is 8.21. The first-order valence-electron chi connectivity index (χ1n) is 19.2. The van der Waals surface area contributed by atoms with Gasteiger partial charge >= 0.3 is 0 Å². The van der Waals surface area contributed by atoms with Crippen LogP contribution in [0.25, 0.3) is 72.0 Å². The zero-order valence-electron chi connectivity index (χ0n) is 30.8. The van der Waals surface area contributed by atoms with Gasteiger partial charge in [-0.15, -0.1) is 0 Å². The molecule has 0 radical (unpaired) electrons. The summed E-state index contributed by atoms with van der Waals surface area (Å²) in [4.78, 5) is 2.45. The molecule has 56 heavy (non-hydrogen) atoms. The lowest BCUT2D eigenvalue weighted by atomic mass is 9.96. The molecule has 0 saturated carbocycles. The van der Waals surface area contributed by atoms with Crippen molar-refractivity contribution in [2.75, 3.05) is 4.90 Å². The van der Waals surface area contributed by atoms with Crippen molar-refractivity contribution in [2.45, 2.75) is 0 Å². The van der Waals surface area contributed by atoms with Gasteiger partial charge in [0, 0.05) is 27.6 Å². The Morgan fingerprint density at radius 1 is 0.304 bits per heavy atom. The number of hydrogen-bond acceptors (Lipinski definition) is 1. The molecule has 0 saturated heterocycles. The van der Waals surface area contributed by atoms with E-state index in [4.69, 9.17) is 0 Å². The van der Waals surface area contributed by atoms with Crippen LogP contribution in [0.3, 0.4) is 0 Å². The summed E-state index contributed by atoms with van der Waals surface area (Å²) < 4.78 is 2.46. The standard InChI is InChI=1S/C54H38N2/c1-6-19-39(20-7-1)43-33-35-50(47(37-43)41-23-10-3-11-24-41)55(45-27-14-5-15-28-45)52-31-18-32-53-54(52)46-29-16-17-30-49(46)56(53)51-36-34-44(40-21-8-2-9-22-40)38-48(51)42-25-12-4-13-26-42/h1-38H. The Morgan fingerprint density at radius 3 is 1.41 bits per heavy atom. The second-order valence-electron chi connectivity index (χ2n) is 14.1. The van der Waals surface area contributed by atoms with Gasteiger partial charge in [0.25, 0.3) is 0 Å². The molecule has 0 bridgehead atoms. The molecule has 0 fully saturated rings. The van der Waals surface area contributed by atoms with E-state index in [1.165, 1.54) is 55.3 Å². The molecule has 0 amide bonds. The van der Waals surface area contributed by atoms with Crippen molar-refractivity contribution >= 4 is 38.9 Å². The smallest absolute Gasteiger partial charge is 0.0562 e. The number of benzene rings is 9. The first-order chi connectivity index (χ1) is 27.8. The quantitative estimate of drug-likeness (QED) is 0.152. The van der Waals surface area contributed by atoms with Crippen LogP contribution in [0.1, 0.15) is 0 Å². The maximum absolute atomic E-state index is 2.46. The molecule has 264 valence electrons. The molecule has 2 heteroatoms. The Labute approximate surface area is 327 Å². The van der Waals surface area contributed by atoms with Crippen LogP contribution in [0.15, 0.2) is 231 Å². The minimum atomic E-state index is 1.10. The third-order valence-electron chi connectivity index (χ3n) is 10.8. The van der Waals surface area contributed by atoms with Crippen molar-refractivity contribution in [1.82, 2.24) is 4.57 Å². The highest BCUT2D eigenvalue weighted by atomic mass is 15.2. The Morgan fingerprint density at radius 2 is 0.786 bits per heavy atom. The number of hydrogen-bond donors (Lipinski definition) is 0. The van der Waals surface area contributed by atoms with Gasteiger partial charge in [-0.3, -0.25) is 0 Å². The summed E-state index contributed by atoms with van der Waals surface area (Å²) in [5.41, 5.74) is 16.3. The van der Waals surface area contributed by atoms with Crippen LogP contribution < -0.4 is 4.90 Å².